The first-order valence-electron chi connectivity index (χ1n) is 7.40. The number of hydrogen-bond acceptors (Lipinski definition) is 4. The van der Waals surface area contributed by atoms with Gasteiger partial charge in [-0.2, -0.15) is 0 Å². The molecule has 0 aliphatic rings. The normalized spacial score (nSPS) is 9.91. The molecule has 0 unspecified atom stereocenters. The van der Waals surface area contributed by atoms with E-state index in [1.54, 1.807) is 31.2 Å². The van der Waals surface area contributed by atoms with E-state index in [-0.39, 0.29) is 18.9 Å². The number of esters is 1. The summed E-state index contributed by atoms with van der Waals surface area (Å²) in [6.45, 7) is 4.63. The lowest BCUT2D eigenvalue weighted by Crippen LogP contribution is -2.24. The van der Waals surface area contributed by atoms with Crippen LogP contribution in [0.4, 0.5) is 5.69 Å². The third kappa shape index (κ3) is 6.39. The van der Waals surface area contributed by atoms with Crippen LogP contribution in [0.15, 0.2) is 24.3 Å². The largest absolute Gasteiger partial charge is 0.466 e. The number of unbranched alkanes of at least 4 members (excludes halogenated alkanes) is 1. The van der Waals surface area contributed by atoms with E-state index < -0.39 is 11.9 Å². The van der Waals surface area contributed by atoms with Crippen molar-refractivity contribution in [3.8, 4) is 0 Å². The zero-order valence-electron chi connectivity index (χ0n) is 13.0. The third-order valence-corrected chi connectivity index (χ3v) is 2.86. The topological polar surface area (TPSA) is 84.5 Å². The summed E-state index contributed by atoms with van der Waals surface area (Å²) in [5.41, 5.74) is 1.05. The molecule has 0 saturated carbocycles. The number of anilines is 1. The molecule has 2 amide bonds. The number of carbonyl (C=O) groups excluding carboxylic acids is 3. The summed E-state index contributed by atoms with van der Waals surface area (Å²) in [6, 6.07) is 6.50. The summed E-state index contributed by atoms with van der Waals surface area (Å²) in [5.74, 6) is -1.15. The molecule has 0 bridgehead atoms. The lowest BCUT2D eigenvalue weighted by atomic mass is 10.2. The van der Waals surface area contributed by atoms with Crippen LogP contribution in [0.5, 0.6) is 0 Å². The summed E-state index contributed by atoms with van der Waals surface area (Å²) in [7, 11) is 0. The van der Waals surface area contributed by atoms with E-state index in [1.807, 2.05) is 0 Å². The smallest absolute Gasteiger partial charge is 0.315 e. The fourth-order valence-electron chi connectivity index (χ4n) is 1.73. The minimum Gasteiger partial charge on any atom is -0.466 e. The van der Waals surface area contributed by atoms with Crippen molar-refractivity contribution in [3.63, 3.8) is 0 Å². The highest BCUT2D eigenvalue weighted by Gasteiger charge is 2.11. The summed E-state index contributed by atoms with van der Waals surface area (Å²) in [4.78, 5) is 34.6. The van der Waals surface area contributed by atoms with Crippen LogP contribution >= 0.6 is 0 Å². The average Bonchev–Trinajstić information content (AvgIpc) is 2.48. The molecule has 6 nitrogen and oxygen atoms in total. The Morgan fingerprint density at radius 3 is 2.36 bits per heavy atom. The predicted molar refractivity (Wildman–Crippen MR) is 83.6 cm³/mol. The third-order valence-electron chi connectivity index (χ3n) is 2.86. The van der Waals surface area contributed by atoms with Crippen LogP contribution in [0.25, 0.3) is 0 Å². The second kappa shape index (κ2) is 9.55. The van der Waals surface area contributed by atoms with Crippen molar-refractivity contribution in [2.45, 2.75) is 33.1 Å². The number of hydrogen-bond donors (Lipinski definition) is 2. The maximum atomic E-state index is 11.8. The fourth-order valence-corrected chi connectivity index (χ4v) is 1.73. The Morgan fingerprint density at radius 1 is 1.09 bits per heavy atom. The number of amides is 2. The van der Waals surface area contributed by atoms with E-state index in [0.717, 1.165) is 12.8 Å². The molecule has 0 radical (unpaired) electrons. The summed E-state index contributed by atoms with van der Waals surface area (Å²) in [6.07, 6.45) is 1.63. The lowest BCUT2D eigenvalue weighted by molar-refractivity contribution is -0.145. The minimum absolute atomic E-state index is 0.141. The van der Waals surface area contributed by atoms with Crippen LogP contribution < -0.4 is 10.6 Å². The molecule has 0 atom stereocenters. The maximum absolute atomic E-state index is 11.8. The van der Waals surface area contributed by atoms with Gasteiger partial charge in [0.2, 0.25) is 5.91 Å². The molecule has 2 N–H and O–H groups in total. The first kappa shape index (κ1) is 17.7. The first-order valence-corrected chi connectivity index (χ1v) is 7.40. The fraction of sp³-hybridized carbons (Fsp3) is 0.438. The van der Waals surface area contributed by atoms with E-state index >= 15 is 0 Å². The van der Waals surface area contributed by atoms with Gasteiger partial charge in [-0.15, -0.1) is 0 Å². The molecule has 1 rings (SSSR count). The molecule has 0 aromatic heterocycles. The van der Waals surface area contributed by atoms with Gasteiger partial charge in [-0.25, -0.2) is 0 Å². The number of rotatable bonds is 8. The standard InChI is InChI=1S/C16H22N2O4/c1-3-5-10-17-16(21)12-6-8-13(9-7-12)18-14(19)11-15(20)22-4-2/h6-9H,3-5,10-11H2,1-2H3,(H,17,21)(H,18,19). The molecule has 0 aliphatic carbocycles. The van der Waals surface area contributed by atoms with Crippen LogP contribution in [-0.4, -0.2) is 30.9 Å². The lowest BCUT2D eigenvalue weighted by Gasteiger charge is -2.07. The van der Waals surface area contributed by atoms with E-state index in [1.165, 1.54) is 0 Å². The molecular weight excluding hydrogens is 284 g/mol. The molecule has 6 heteroatoms. The van der Waals surface area contributed by atoms with Gasteiger partial charge in [0.1, 0.15) is 6.42 Å². The summed E-state index contributed by atoms with van der Waals surface area (Å²) >= 11 is 0. The number of benzene rings is 1. The molecule has 1 aromatic carbocycles. The first-order chi connectivity index (χ1) is 10.6. The van der Waals surface area contributed by atoms with Crippen molar-refractivity contribution in [2.75, 3.05) is 18.5 Å². The van der Waals surface area contributed by atoms with Crippen molar-refractivity contribution in [1.82, 2.24) is 5.32 Å². The van der Waals surface area contributed by atoms with Gasteiger partial charge in [-0.1, -0.05) is 13.3 Å². The molecular formula is C16H22N2O4. The Bertz CT molecular complexity index is 511. The molecule has 0 saturated heterocycles. The van der Waals surface area contributed by atoms with Gasteiger partial charge in [0, 0.05) is 17.8 Å². The van der Waals surface area contributed by atoms with E-state index in [4.69, 9.17) is 4.74 Å². The van der Waals surface area contributed by atoms with Gasteiger partial charge in [0.05, 0.1) is 6.61 Å². The predicted octanol–water partition coefficient (Wildman–Crippen LogP) is 2.11. The molecule has 0 heterocycles. The van der Waals surface area contributed by atoms with E-state index in [0.29, 0.717) is 17.8 Å². The minimum atomic E-state index is -0.563. The van der Waals surface area contributed by atoms with Crippen molar-refractivity contribution in [2.24, 2.45) is 0 Å². The Labute approximate surface area is 130 Å². The van der Waals surface area contributed by atoms with Crippen molar-refractivity contribution in [3.05, 3.63) is 29.8 Å². The van der Waals surface area contributed by atoms with Gasteiger partial charge in [0.15, 0.2) is 0 Å². The molecule has 22 heavy (non-hydrogen) atoms. The number of carbonyl (C=O) groups is 3. The summed E-state index contributed by atoms with van der Waals surface area (Å²) < 4.78 is 4.69. The van der Waals surface area contributed by atoms with Gasteiger partial charge >= 0.3 is 5.97 Å². The Balaban J connectivity index is 2.49. The van der Waals surface area contributed by atoms with Gasteiger partial charge in [-0.3, -0.25) is 14.4 Å². The van der Waals surface area contributed by atoms with Crippen LogP contribution in [0.1, 0.15) is 43.5 Å². The van der Waals surface area contributed by atoms with Crippen LogP contribution in [0.3, 0.4) is 0 Å². The number of ether oxygens (including phenoxy) is 1. The Kier molecular flexibility index (Phi) is 7.67. The monoisotopic (exact) mass is 306 g/mol. The molecule has 0 spiro atoms. The van der Waals surface area contributed by atoms with Crippen molar-refractivity contribution >= 4 is 23.5 Å². The maximum Gasteiger partial charge on any atom is 0.315 e. The summed E-state index contributed by atoms with van der Waals surface area (Å²) in [5, 5.41) is 5.39. The second-order valence-corrected chi connectivity index (χ2v) is 4.72. The molecule has 1 aromatic rings. The van der Waals surface area contributed by atoms with Crippen molar-refractivity contribution in [1.29, 1.82) is 0 Å². The van der Waals surface area contributed by atoms with Gasteiger partial charge in [0.25, 0.3) is 5.91 Å². The van der Waals surface area contributed by atoms with E-state index in [2.05, 4.69) is 17.6 Å². The average molecular weight is 306 g/mol. The van der Waals surface area contributed by atoms with E-state index in [9.17, 15) is 14.4 Å². The van der Waals surface area contributed by atoms with Crippen LogP contribution in [0, 0.1) is 0 Å². The van der Waals surface area contributed by atoms with Gasteiger partial charge in [-0.05, 0) is 37.6 Å². The zero-order valence-corrected chi connectivity index (χ0v) is 13.0. The quantitative estimate of drug-likeness (QED) is 0.437. The molecule has 0 aliphatic heterocycles. The molecule has 0 fully saturated rings. The Morgan fingerprint density at radius 2 is 1.77 bits per heavy atom. The molecule has 120 valence electrons. The highest BCUT2D eigenvalue weighted by atomic mass is 16.5. The Hall–Kier alpha value is -2.37. The SMILES string of the molecule is CCCCNC(=O)c1ccc(NC(=O)CC(=O)OCC)cc1. The number of nitrogens with one attached hydrogen (secondary N) is 2. The van der Waals surface area contributed by atoms with Gasteiger partial charge < -0.3 is 15.4 Å². The highest BCUT2D eigenvalue weighted by Crippen LogP contribution is 2.10. The van der Waals surface area contributed by atoms with Crippen LogP contribution in [-0.2, 0) is 14.3 Å². The highest BCUT2D eigenvalue weighted by molar-refractivity contribution is 6.02. The zero-order chi connectivity index (χ0) is 16.4. The van der Waals surface area contributed by atoms with Crippen LogP contribution in [0.2, 0.25) is 0 Å². The second-order valence-electron chi connectivity index (χ2n) is 4.72. The van der Waals surface area contributed by atoms with Crippen molar-refractivity contribution < 1.29 is 19.1 Å².